The minimum absolute atomic E-state index is 0.00476. The average Bonchev–Trinajstić information content (AvgIpc) is 3.02. The lowest BCUT2D eigenvalue weighted by molar-refractivity contribution is -0.120. The van der Waals surface area contributed by atoms with Gasteiger partial charge in [-0.3, -0.25) is 9.20 Å². The molecule has 1 fully saturated rings. The van der Waals surface area contributed by atoms with Crippen molar-refractivity contribution in [3.63, 3.8) is 0 Å². The molecule has 2 aromatic heterocycles. The monoisotopic (exact) mass is 408 g/mol. The summed E-state index contributed by atoms with van der Waals surface area (Å²) in [6.07, 6.45) is 2.07. The van der Waals surface area contributed by atoms with Gasteiger partial charge in [0.15, 0.2) is 20.6 Å². The number of aromatic nitrogens is 3. The Bertz CT molecular complexity index is 900. The standard InChI is InChI=1S/C13H14Cl2N4O3S2/c1-7(12(20)16-9-2-3-24(21,22)6-9)23-13-18-17-11-10(15)4-8(14)5-19(11)13/h4-5,7,9H,2-3,6H2,1H3,(H,16,20)/t7-,9-/m1/s1. The van der Waals surface area contributed by atoms with Gasteiger partial charge in [0, 0.05) is 12.2 Å². The summed E-state index contributed by atoms with van der Waals surface area (Å²) in [5.41, 5.74) is 0.457. The maximum absolute atomic E-state index is 12.3. The van der Waals surface area contributed by atoms with E-state index in [-0.39, 0.29) is 23.5 Å². The number of amides is 1. The third kappa shape index (κ3) is 3.79. The van der Waals surface area contributed by atoms with Crippen molar-refractivity contribution < 1.29 is 13.2 Å². The fraction of sp³-hybridized carbons (Fsp3) is 0.462. The molecule has 3 heterocycles. The van der Waals surface area contributed by atoms with E-state index < -0.39 is 15.1 Å². The van der Waals surface area contributed by atoms with Gasteiger partial charge < -0.3 is 5.32 Å². The molecule has 0 radical (unpaired) electrons. The van der Waals surface area contributed by atoms with Crippen LogP contribution in [0.2, 0.25) is 10.0 Å². The molecule has 1 N–H and O–H groups in total. The molecule has 2 aromatic rings. The fourth-order valence-corrected chi connectivity index (χ4v) is 5.44. The van der Waals surface area contributed by atoms with Gasteiger partial charge in [-0.15, -0.1) is 10.2 Å². The summed E-state index contributed by atoms with van der Waals surface area (Å²) < 4.78 is 24.5. The van der Waals surface area contributed by atoms with Gasteiger partial charge in [-0.05, 0) is 19.4 Å². The van der Waals surface area contributed by atoms with Crippen LogP contribution in [0.3, 0.4) is 0 Å². The molecular formula is C13H14Cl2N4O3S2. The van der Waals surface area contributed by atoms with Crippen LogP contribution in [0.4, 0.5) is 0 Å². The third-order valence-electron chi connectivity index (χ3n) is 3.63. The fourth-order valence-electron chi connectivity index (χ4n) is 2.42. The van der Waals surface area contributed by atoms with Crippen LogP contribution < -0.4 is 5.32 Å². The van der Waals surface area contributed by atoms with E-state index in [0.29, 0.717) is 27.3 Å². The number of carbonyl (C=O) groups is 1. The number of nitrogens with one attached hydrogen (secondary N) is 1. The van der Waals surface area contributed by atoms with Crippen LogP contribution in [-0.2, 0) is 14.6 Å². The highest BCUT2D eigenvalue weighted by Gasteiger charge is 2.30. The van der Waals surface area contributed by atoms with Crippen molar-refractivity contribution in [3.8, 4) is 0 Å². The maximum Gasteiger partial charge on any atom is 0.233 e. The van der Waals surface area contributed by atoms with Gasteiger partial charge in [0.1, 0.15) is 0 Å². The Balaban J connectivity index is 1.71. The SMILES string of the molecule is C[C@@H](Sc1nnc2c(Cl)cc(Cl)cn12)C(=O)N[C@@H]1CCS(=O)(=O)C1. The topological polar surface area (TPSA) is 93.4 Å². The van der Waals surface area contributed by atoms with Crippen LogP contribution in [-0.4, -0.2) is 51.7 Å². The Labute approximate surface area is 153 Å². The molecule has 2 atom stereocenters. The molecule has 24 heavy (non-hydrogen) atoms. The van der Waals surface area contributed by atoms with E-state index in [1.807, 2.05) is 0 Å². The Morgan fingerprint density at radius 3 is 2.88 bits per heavy atom. The molecule has 0 aromatic carbocycles. The van der Waals surface area contributed by atoms with Crippen molar-refractivity contribution in [1.82, 2.24) is 19.9 Å². The molecule has 0 unspecified atom stereocenters. The highest BCUT2D eigenvalue weighted by molar-refractivity contribution is 8.00. The Kier molecular flexibility index (Phi) is 4.96. The molecule has 1 aliphatic heterocycles. The first kappa shape index (κ1) is 17.8. The molecule has 3 rings (SSSR count). The van der Waals surface area contributed by atoms with E-state index in [9.17, 15) is 13.2 Å². The molecule has 1 saturated heterocycles. The predicted octanol–water partition coefficient (Wildman–Crippen LogP) is 1.82. The molecule has 0 bridgehead atoms. The van der Waals surface area contributed by atoms with E-state index in [0.717, 1.165) is 0 Å². The quantitative estimate of drug-likeness (QED) is 0.775. The van der Waals surface area contributed by atoms with E-state index in [4.69, 9.17) is 23.2 Å². The second-order valence-corrected chi connectivity index (χ2v) is 9.93. The lowest BCUT2D eigenvalue weighted by Gasteiger charge is -2.14. The number of nitrogens with zero attached hydrogens (tertiary/aromatic N) is 3. The predicted molar refractivity (Wildman–Crippen MR) is 93.5 cm³/mol. The van der Waals surface area contributed by atoms with Crippen LogP contribution in [0.25, 0.3) is 5.65 Å². The number of fused-ring (bicyclic) bond motifs is 1. The van der Waals surface area contributed by atoms with Crippen molar-refractivity contribution in [2.75, 3.05) is 11.5 Å². The number of hydrogen-bond acceptors (Lipinski definition) is 6. The number of rotatable bonds is 4. The number of thioether (sulfide) groups is 1. The van der Waals surface area contributed by atoms with Crippen molar-refractivity contribution in [1.29, 1.82) is 0 Å². The minimum Gasteiger partial charge on any atom is -0.351 e. The zero-order valence-corrected chi connectivity index (χ0v) is 15.7. The molecule has 0 aliphatic carbocycles. The van der Waals surface area contributed by atoms with Crippen LogP contribution in [0.1, 0.15) is 13.3 Å². The highest BCUT2D eigenvalue weighted by atomic mass is 35.5. The van der Waals surface area contributed by atoms with E-state index >= 15 is 0 Å². The average molecular weight is 409 g/mol. The van der Waals surface area contributed by atoms with Gasteiger partial charge in [-0.25, -0.2) is 8.42 Å². The summed E-state index contributed by atoms with van der Waals surface area (Å²) in [6.45, 7) is 1.72. The summed E-state index contributed by atoms with van der Waals surface area (Å²) in [5, 5.41) is 11.6. The summed E-state index contributed by atoms with van der Waals surface area (Å²) in [5.74, 6) is -0.132. The lowest BCUT2D eigenvalue weighted by Crippen LogP contribution is -2.40. The second-order valence-electron chi connectivity index (χ2n) is 5.55. The van der Waals surface area contributed by atoms with E-state index in [1.54, 1.807) is 23.6 Å². The van der Waals surface area contributed by atoms with Crippen LogP contribution >= 0.6 is 35.0 Å². The van der Waals surface area contributed by atoms with Gasteiger partial charge >= 0.3 is 0 Å². The first-order chi connectivity index (χ1) is 11.2. The molecule has 0 saturated carbocycles. The molecule has 130 valence electrons. The van der Waals surface area contributed by atoms with Gasteiger partial charge in [0.25, 0.3) is 0 Å². The van der Waals surface area contributed by atoms with Crippen LogP contribution in [0, 0.1) is 0 Å². The zero-order valence-electron chi connectivity index (χ0n) is 12.6. The van der Waals surface area contributed by atoms with Crippen LogP contribution in [0.15, 0.2) is 17.4 Å². The largest absolute Gasteiger partial charge is 0.351 e. The zero-order chi connectivity index (χ0) is 17.5. The molecule has 7 nitrogen and oxygen atoms in total. The normalized spacial score (nSPS) is 21.0. The number of hydrogen-bond donors (Lipinski definition) is 1. The van der Waals surface area contributed by atoms with Crippen molar-refractivity contribution in [3.05, 3.63) is 22.3 Å². The van der Waals surface area contributed by atoms with Gasteiger partial charge in [-0.2, -0.15) is 0 Å². The molecule has 1 aliphatic rings. The maximum atomic E-state index is 12.3. The lowest BCUT2D eigenvalue weighted by atomic mass is 10.2. The van der Waals surface area contributed by atoms with Crippen molar-refractivity contribution >= 4 is 56.4 Å². The van der Waals surface area contributed by atoms with E-state index in [2.05, 4.69) is 15.5 Å². The third-order valence-corrected chi connectivity index (χ3v) is 6.94. The smallest absolute Gasteiger partial charge is 0.233 e. The van der Waals surface area contributed by atoms with Gasteiger partial charge in [-0.1, -0.05) is 35.0 Å². The second kappa shape index (κ2) is 6.70. The van der Waals surface area contributed by atoms with Crippen molar-refractivity contribution in [2.24, 2.45) is 0 Å². The number of halogens is 2. The summed E-state index contributed by atoms with van der Waals surface area (Å²) in [4.78, 5) is 12.3. The molecule has 1 amide bonds. The van der Waals surface area contributed by atoms with Crippen molar-refractivity contribution in [2.45, 2.75) is 29.8 Å². The highest BCUT2D eigenvalue weighted by Crippen LogP contribution is 2.27. The number of sulfone groups is 1. The van der Waals surface area contributed by atoms with Crippen LogP contribution in [0.5, 0.6) is 0 Å². The molecule has 0 spiro atoms. The van der Waals surface area contributed by atoms with E-state index in [1.165, 1.54) is 11.8 Å². The minimum atomic E-state index is -3.03. The Morgan fingerprint density at radius 2 is 2.21 bits per heavy atom. The Morgan fingerprint density at radius 1 is 1.46 bits per heavy atom. The summed E-state index contributed by atoms with van der Waals surface area (Å²) in [6, 6.07) is 1.24. The molecular weight excluding hydrogens is 395 g/mol. The molecule has 11 heteroatoms. The van der Waals surface area contributed by atoms with Gasteiger partial charge in [0.05, 0.1) is 26.8 Å². The van der Waals surface area contributed by atoms with Gasteiger partial charge in [0.2, 0.25) is 5.91 Å². The number of carbonyl (C=O) groups excluding carboxylic acids is 1. The summed E-state index contributed by atoms with van der Waals surface area (Å²) >= 11 is 13.2. The first-order valence-electron chi connectivity index (χ1n) is 7.12. The first-order valence-corrected chi connectivity index (χ1v) is 10.6. The summed E-state index contributed by atoms with van der Waals surface area (Å²) in [7, 11) is -3.03. The number of pyridine rings is 1. The Hall–Kier alpha value is -1.03.